The molecule has 1 heterocycles. The zero-order valence-corrected chi connectivity index (χ0v) is 19.0. The molecule has 0 N–H and O–H groups in total. The molecule has 0 saturated carbocycles. The van der Waals surface area contributed by atoms with Crippen LogP contribution < -0.4 is 4.74 Å². The Kier molecular flexibility index (Phi) is 10.1. The van der Waals surface area contributed by atoms with Crippen LogP contribution in [0, 0.1) is 23.0 Å². The molecule has 0 aromatic heterocycles. The van der Waals surface area contributed by atoms with Crippen LogP contribution in [0.1, 0.15) is 68.2 Å². The van der Waals surface area contributed by atoms with Gasteiger partial charge in [-0.2, -0.15) is 9.65 Å². The number of nitriles is 1. The number of rotatable bonds is 12. The largest absolute Gasteiger partial charge is 0.486 e. The lowest BCUT2D eigenvalue weighted by atomic mass is 10.1. The molecular formula is C26H31F2NO4. The summed E-state index contributed by atoms with van der Waals surface area (Å²) < 4.78 is 50.5. The molecule has 7 heteroatoms. The van der Waals surface area contributed by atoms with Crippen molar-refractivity contribution in [2.75, 3.05) is 19.8 Å². The second-order valence-electron chi connectivity index (χ2n) is 8.10. The fourth-order valence-corrected chi connectivity index (χ4v) is 3.59. The molecule has 2 aromatic carbocycles. The predicted octanol–water partition coefficient (Wildman–Crippen LogP) is 6.21. The first-order valence-corrected chi connectivity index (χ1v) is 11.6. The van der Waals surface area contributed by atoms with Crippen molar-refractivity contribution >= 4 is 0 Å². The highest BCUT2D eigenvalue weighted by Gasteiger charge is 2.24. The molecule has 0 aliphatic carbocycles. The van der Waals surface area contributed by atoms with Crippen LogP contribution in [0.4, 0.5) is 8.78 Å². The highest BCUT2D eigenvalue weighted by Crippen LogP contribution is 2.26. The molecule has 178 valence electrons. The van der Waals surface area contributed by atoms with Gasteiger partial charge in [0.2, 0.25) is 5.82 Å². The molecule has 33 heavy (non-hydrogen) atoms. The summed E-state index contributed by atoms with van der Waals surface area (Å²) in [5.41, 5.74) is 1.40. The van der Waals surface area contributed by atoms with E-state index < -0.39 is 11.6 Å². The van der Waals surface area contributed by atoms with Gasteiger partial charge in [-0.25, -0.2) is 4.39 Å². The standard InChI is InChI=1S/C26H31F2NO4/c1-2-3-4-5-6-7-14-30-24-18-32-23(17-33-24)20-10-8-19(9-11-20)16-31-22-13-12-21(15-29)25(27)26(22)28/h8-13,23-24H,2-7,14,16-18H2,1H3. The van der Waals surface area contributed by atoms with Crippen molar-refractivity contribution in [3.63, 3.8) is 0 Å². The summed E-state index contributed by atoms with van der Waals surface area (Å²) >= 11 is 0. The Labute approximate surface area is 194 Å². The minimum Gasteiger partial charge on any atom is -0.486 e. The normalized spacial score (nSPS) is 18.1. The molecule has 5 nitrogen and oxygen atoms in total. The van der Waals surface area contributed by atoms with Crippen molar-refractivity contribution < 1.29 is 27.7 Å². The zero-order chi connectivity index (χ0) is 23.5. The van der Waals surface area contributed by atoms with Crippen LogP contribution in [0.25, 0.3) is 0 Å². The Morgan fingerprint density at radius 3 is 2.39 bits per heavy atom. The first-order chi connectivity index (χ1) is 16.1. The van der Waals surface area contributed by atoms with Gasteiger partial charge < -0.3 is 18.9 Å². The van der Waals surface area contributed by atoms with Crippen molar-refractivity contribution in [1.82, 2.24) is 0 Å². The number of benzene rings is 2. The van der Waals surface area contributed by atoms with E-state index in [0.29, 0.717) is 19.8 Å². The molecule has 0 radical (unpaired) electrons. The van der Waals surface area contributed by atoms with E-state index in [0.717, 1.165) is 17.5 Å². The lowest BCUT2D eigenvalue weighted by Crippen LogP contribution is -2.33. The number of nitrogens with zero attached hydrogens (tertiary/aromatic N) is 1. The fourth-order valence-electron chi connectivity index (χ4n) is 3.59. The van der Waals surface area contributed by atoms with Crippen LogP contribution in [0.15, 0.2) is 36.4 Å². The summed E-state index contributed by atoms with van der Waals surface area (Å²) in [6.45, 7) is 3.76. The van der Waals surface area contributed by atoms with Crippen LogP contribution in [-0.4, -0.2) is 26.1 Å². The average molecular weight is 460 g/mol. The summed E-state index contributed by atoms with van der Waals surface area (Å²) in [6.07, 6.45) is 6.80. The average Bonchev–Trinajstić information content (AvgIpc) is 2.85. The Morgan fingerprint density at radius 2 is 1.70 bits per heavy atom. The topological polar surface area (TPSA) is 60.7 Å². The number of unbranched alkanes of at least 4 members (excludes halogenated alkanes) is 5. The molecule has 2 unspecified atom stereocenters. The second kappa shape index (κ2) is 13.2. The lowest BCUT2D eigenvalue weighted by Gasteiger charge is -2.29. The summed E-state index contributed by atoms with van der Waals surface area (Å²) in [6, 6.07) is 11.5. The molecule has 0 bridgehead atoms. The molecule has 1 saturated heterocycles. The summed E-state index contributed by atoms with van der Waals surface area (Å²) in [5.74, 6) is -2.59. The zero-order valence-electron chi connectivity index (χ0n) is 19.0. The third-order valence-electron chi connectivity index (χ3n) is 5.58. The fraction of sp³-hybridized carbons (Fsp3) is 0.500. The quantitative estimate of drug-likeness (QED) is 0.353. The summed E-state index contributed by atoms with van der Waals surface area (Å²) in [4.78, 5) is 0. The Hall–Kier alpha value is -2.53. The number of hydrogen-bond acceptors (Lipinski definition) is 5. The lowest BCUT2D eigenvalue weighted by molar-refractivity contribution is -0.236. The first-order valence-electron chi connectivity index (χ1n) is 11.6. The molecule has 1 aliphatic heterocycles. The van der Waals surface area contributed by atoms with Crippen LogP contribution in [0.2, 0.25) is 0 Å². The molecule has 2 aromatic rings. The van der Waals surface area contributed by atoms with E-state index >= 15 is 0 Å². The van der Waals surface area contributed by atoms with Crippen molar-refractivity contribution in [2.45, 2.75) is 64.4 Å². The van der Waals surface area contributed by atoms with E-state index in [1.54, 1.807) is 6.07 Å². The molecule has 1 fully saturated rings. The van der Waals surface area contributed by atoms with Gasteiger partial charge in [-0.05, 0) is 29.7 Å². The number of halogens is 2. The van der Waals surface area contributed by atoms with Gasteiger partial charge in [-0.1, -0.05) is 63.3 Å². The van der Waals surface area contributed by atoms with Crippen molar-refractivity contribution in [2.24, 2.45) is 0 Å². The predicted molar refractivity (Wildman–Crippen MR) is 120 cm³/mol. The smallest absolute Gasteiger partial charge is 0.202 e. The Bertz CT molecular complexity index is 906. The van der Waals surface area contributed by atoms with Gasteiger partial charge in [0.1, 0.15) is 18.8 Å². The highest BCUT2D eigenvalue weighted by molar-refractivity contribution is 5.38. The monoisotopic (exact) mass is 459 g/mol. The third-order valence-corrected chi connectivity index (χ3v) is 5.58. The van der Waals surface area contributed by atoms with E-state index in [9.17, 15) is 8.78 Å². The minimum absolute atomic E-state index is 0.0684. The minimum atomic E-state index is -1.20. The van der Waals surface area contributed by atoms with Crippen LogP contribution in [0.5, 0.6) is 5.75 Å². The van der Waals surface area contributed by atoms with E-state index in [1.165, 1.54) is 44.2 Å². The molecule has 0 amide bonds. The van der Waals surface area contributed by atoms with E-state index in [1.807, 2.05) is 24.3 Å². The molecule has 3 rings (SSSR count). The van der Waals surface area contributed by atoms with Crippen LogP contribution >= 0.6 is 0 Å². The highest BCUT2D eigenvalue weighted by atomic mass is 19.2. The van der Waals surface area contributed by atoms with Gasteiger partial charge in [-0.3, -0.25) is 0 Å². The number of hydrogen-bond donors (Lipinski definition) is 0. The van der Waals surface area contributed by atoms with E-state index in [4.69, 9.17) is 24.2 Å². The Balaban J connectivity index is 1.39. The third kappa shape index (κ3) is 7.50. The maximum absolute atomic E-state index is 14.0. The van der Waals surface area contributed by atoms with Gasteiger partial charge >= 0.3 is 0 Å². The van der Waals surface area contributed by atoms with Crippen LogP contribution in [0.3, 0.4) is 0 Å². The van der Waals surface area contributed by atoms with Crippen LogP contribution in [-0.2, 0) is 20.8 Å². The summed E-state index contributed by atoms with van der Waals surface area (Å²) in [7, 11) is 0. The van der Waals surface area contributed by atoms with E-state index in [2.05, 4.69) is 6.92 Å². The Morgan fingerprint density at radius 1 is 0.939 bits per heavy atom. The van der Waals surface area contributed by atoms with Gasteiger partial charge in [0, 0.05) is 6.61 Å². The maximum atomic E-state index is 14.0. The van der Waals surface area contributed by atoms with Crippen molar-refractivity contribution in [1.29, 1.82) is 5.26 Å². The molecule has 2 atom stereocenters. The van der Waals surface area contributed by atoms with Gasteiger partial charge in [0.15, 0.2) is 17.9 Å². The molecule has 0 spiro atoms. The molecule has 1 aliphatic rings. The second-order valence-corrected chi connectivity index (χ2v) is 8.10. The van der Waals surface area contributed by atoms with Crippen molar-refractivity contribution in [3.05, 3.63) is 64.7 Å². The first kappa shape index (κ1) is 25.1. The van der Waals surface area contributed by atoms with Crippen molar-refractivity contribution in [3.8, 4) is 11.8 Å². The van der Waals surface area contributed by atoms with Gasteiger partial charge in [0.05, 0.1) is 18.8 Å². The maximum Gasteiger partial charge on any atom is 0.202 e. The summed E-state index contributed by atoms with van der Waals surface area (Å²) in [5, 5.41) is 8.75. The SMILES string of the molecule is CCCCCCCCOC1COC(c2ccc(COc3ccc(C#N)c(F)c3F)cc2)CO1. The van der Waals surface area contributed by atoms with Gasteiger partial charge in [-0.15, -0.1) is 0 Å². The number of ether oxygens (including phenoxy) is 4. The molecular weight excluding hydrogens is 428 g/mol. The van der Waals surface area contributed by atoms with E-state index in [-0.39, 0.29) is 30.3 Å². The van der Waals surface area contributed by atoms with Gasteiger partial charge in [0.25, 0.3) is 0 Å².